The van der Waals surface area contributed by atoms with Crippen LogP contribution in [0.4, 0.5) is 16.8 Å². The van der Waals surface area contributed by atoms with Crippen molar-refractivity contribution < 1.29 is 51.0 Å². The van der Waals surface area contributed by atoms with E-state index in [9.17, 15) is 32.5 Å². The van der Waals surface area contributed by atoms with Gasteiger partial charge < -0.3 is 41.3 Å². The number of hydrogen-bond donors (Lipinski definition) is 5. The molecule has 0 spiro atoms. The quantitative estimate of drug-likeness (QED) is 0.0247. The summed E-state index contributed by atoms with van der Waals surface area (Å²) >= 11 is 0.948. The molecular formula is C29H34N10O10S2. The highest BCUT2D eigenvalue weighted by molar-refractivity contribution is 7.80. The molecule has 20 nitrogen and oxygen atoms in total. The maximum Gasteiger partial charge on any atom is 0.351 e. The number of hydroxylamine groups is 2. The minimum atomic E-state index is -5.28. The molecule has 0 bridgehead atoms. The molecule has 22 heteroatoms. The number of oxime groups is 1. The van der Waals surface area contributed by atoms with Crippen molar-refractivity contribution in [1.82, 2.24) is 25.0 Å². The number of fused-ring (bicyclic) bond motifs is 1. The topological polar surface area (TPSA) is 283 Å². The SMILES string of the molecule is Cn1c(Nc2ccc3cc(OC[C@H](O/N=C(\C(=O)N[C@@H]4C(=O)N(OS(=O)(=O)[O-])C4(C)C)c4csc(N)n4)C(=O)O)ccc3n2)cc[n+]1CCCN. The van der Waals surface area contributed by atoms with Gasteiger partial charge in [0, 0.05) is 17.2 Å². The Morgan fingerprint density at radius 2 is 2.00 bits per heavy atom. The Bertz CT molecular complexity index is 2100. The number of nitrogens with zero attached hydrogens (tertiary/aromatic N) is 6. The van der Waals surface area contributed by atoms with Crippen molar-refractivity contribution in [3.63, 3.8) is 0 Å². The van der Waals surface area contributed by atoms with Crippen LogP contribution >= 0.6 is 11.3 Å². The first-order valence-electron chi connectivity index (χ1n) is 15.1. The summed E-state index contributed by atoms with van der Waals surface area (Å²) in [6.07, 6.45) is 1.08. The molecule has 4 heterocycles. The van der Waals surface area contributed by atoms with Crippen LogP contribution in [-0.4, -0.2) is 92.1 Å². The summed E-state index contributed by atoms with van der Waals surface area (Å²) in [4.78, 5) is 51.7. The van der Waals surface area contributed by atoms with Gasteiger partial charge in [0.1, 0.15) is 29.9 Å². The van der Waals surface area contributed by atoms with Crippen molar-refractivity contribution >= 4 is 72.9 Å². The van der Waals surface area contributed by atoms with E-state index in [0.29, 0.717) is 34.1 Å². The lowest BCUT2D eigenvalue weighted by Crippen LogP contribution is -2.76. The van der Waals surface area contributed by atoms with Gasteiger partial charge >= 0.3 is 5.97 Å². The van der Waals surface area contributed by atoms with Crippen molar-refractivity contribution in [1.29, 1.82) is 0 Å². The third-order valence-corrected chi connectivity index (χ3v) is 8.70. The second kappa shape index (κ2) is 14.8. The molecule has 4 aromatic rings. The van der Waals surface area contributed by atoms with Gasteiger partial charge in [-0.2, -0.15) is 9.35 Å². The average Bonchev–Trinajstić information content (AvgIpc) is 3.66. The zero-order valence-electron chi connectivity index (χ0n) is 27.4. The largest absolute Gasteiger partial charge is 0.724 e. The van der Waals surface area contributed by atoms with Crippen molar-refractivity contribution in [3.05, 3.63) is 53.7 Å². The number of rotatable bonds is 16. The molecule has 0 unspecified atom stereocenters. The molecule has 51 heavy (non-hydrogen) atoms. The summed E-state index contributed by atoms with van der Waals surface area (Å²) in [7, 11) is -3.35. The number of carbonyl (C=O) groups is 3. The molecule has 2 atom stereocenters. The number of nitrogens with one attached hydrogen (secondary N) is 2. The van der Waals surface area contributed by atoms with Crippen LogP contribution in [0.25, 0.3) is 10.9 Å². The number of aliphatic carboxylic acids is 1. The molecule has 1 aliphatic heterocycles. The Morgan fingerprint density at radius 1 is 1.24 bits per heavy atom. The molecule has 3 aromatic heterocycles. The number of pyridine rings is 1. The number of benzene rings is 1. The van der Waals surface area contributed by atoms with Gasteiger partial charge in [-0.05, 0) is 50.7 Å². The predicted molar refractivity (Wildman–Crippen MR) is 179 cm³/mol. The second-order valence-corrected chi connectivity index (χ2v) is 13.5. The fourth-order valence-electron chi connectivity index (χ4n) is 4.95. The molecule has 0 radical (unpaired) electrons. The number of aryl methyl sites for hydroxylation is 1. The molecule has 1 fully saturated rings. The van der Waals surface area contributed by atoms with Crippen LogP contribution in [-0.2, 0) is 47.5 Å². The number of anilines is 3. The fraction of sp³-hybridized carbons (Fsp3) is 0.345. The number of thiazole rings is 1. The minimum absolute atomic E-state index is 0.0454. The molecule has 0 saturated carbocycles. The molecular weight excluding hydrogens is 713 g/mol. The number of hydrogen-bond acceptors (Lipinski definition) is 16. The van der Waals surface area contributed by atoms with E-state index in [4.69, 9.17) is 21.0 Å². The Morgan fingerprint density at radius 3 is 2.65 bits per heavy atom. The van der Waals surface area contributed by atoms with E-state index in [1.54, 1.807) is 24.3 Å². The maximum atomic E-state index is 13.3. The van der Waals surface area contributed by atoms with Gasteiger partial charge in [-0.1, -0.05) is 5.16 Å². The van der Waals surface area contributed by atoms with E-state index >= 15 is 0 Å². The fourth-order valence-corrected chi connectivity index (χ4v) is 5.95. The number of aromatic nitrogens is 4. The first kappa shape index (κ1) is 36.9. The predicted octanol–water partition coefficient (Wildman–Crippen LogP) is -0.258. The monoisotopic (exact) mass is 746 g/mol. The Balaban J connectivity index is 1.26. The van der Waals surface area contributed by atoms with Crippen LogP contribution in [0.2, 0.25) is 0 Å². The number of carboxylic acids is 1. The zero-order chi connectivity index (χ0) is 37.1. The van der Waals surface area contributed by atoms with Gasteiger partial charge in [-0.25, -0.2) is 23.2 Å². The number of β-lactam (4-membered cyclic amide) rings is 1. The van der Waals surface area contributed by atoms with Gasteiger partial charge in [0.2, 0.25) is 10.4 Å². The standard InChI is InChI=1S/C29H34N10O10S2/c1-29(2)24(26(41)39(29)49-51(44,45)46)35-25(40)23(19-15-50-28(31)33-19)36-48-20(27(42)43)14-47-17-6-7-18-16(13-17)5-8-21(32-18)34-22-9-12-38(37(22)3)11-4-10-30/h5-9,12-13,15,20,24H,4,10-11,14,30H2,1-3H3,(H5,31,33,35,40,42,43,44,45,46)/b36-23-/t20-,24+/m0/s1. The van der Waals surface area contributed by atoms with Crippen LogP contribution in [0.1, 0.15) is 26.0 Å². The van der Waals surface area contributed by atoms with Crippen LogP contribution in [0.3, 0.4) is 0 Å². The third kappa shape index (κ3) is 8.49. The molecule has 7 N–H and O–H groups in total. The summed E-state index contributed by atoms with van der Waals surface area (Å²) in [5.74, 6) is -1.82. The lowest BCUT2D eigenvalue weighted by atomic mass is 9.84. The molecule has 5 rings (SSSR count). The number of carbonyl (C=O) groups excluding carboxylic acids is 2. The average molecular weight is 747 g/mol. The van der Waals surface area contributed by atoms with Gasteiger partial charge in [0.15, 0.2) is 29.4 Å². The molecule has 1 aliphatic rings. The van der Waals surface area contributed by atoms with E-state index < -0.39 is 58.2 Å². The van der Waals surface area contributed by atoms with Crippen molar-refractivity contribution in [2.45, 2.75) is 44.5 Å². The zero-order valence-corrected chi connectivity index (χ0v) is 29.0. The smallest absolute Gasteiger partial charge is 0.351 e. The first-order chi connectivity index (χ1) is 24.1. The number of amides is 2. The second-order valence-electron chi connectivity index (χ2n) is 11.6. The minimum Gasteiger partial charge on any atom is -0.724 e. The van der Waals surface area contributed by atoms with Gasteiger partial charge in [0.25, 0.3) is 17.9 Å². The number of ether oxygens (including phenoxy) is 1. The Labute approximate surface area is 294 Å². The Hall–Kier alpha value is -5.42. The van der Waals surface area contributed by atoms with E-state index in [-0.39, 0.29) is 10.8 Å². The highest BCUT2D eigenvalue weighted by Gasteiger charge is 2.57. The normalized spacial score (nSPS) is 16.4. The number of carboxylic acid groups (broad SMARTS) is 1. The first-order valence-corrected chi connectivity index (χ1v) is 17.3. The summed E-state index contributed by atoms with van der Waals surface area (Å²) in [6.45, 7) is 3.50. The lowest BCUT2D eigenvalue weighted by Gasteiger charge is -2.51. The molecule has 0 aliphatic carbocycles. The molecule has 1 saturated heterocycles. The third-order valence-electron chi connectivity index (χ3n) is 7.69. The van der Waals surface area contributed by atoms with Crippen LogP contribution in [0.5, 0.6) is 5.75 Å². The van der Waals surface area contributed by atoms with Crippen molar-refractivity contribution in [2.24, 2.45) is 17.9 Å². The summed E-state index contributed by atoms with van der Waals surface area (Å²) < 4.78 is 46.9. The molecule has 1 aromatic carbocycles. The highest BCUT2D eigenvalue weighted by atomic mass is 32.3. The van der Waals surface area contributed by atoms with Crippen molar-refractivity contribution in [3.8, 4) is 5.75 Å². The van der Waals surface area contributed by atoms with E-state index in [2.05, 4.69) is 30.0 Å². The summed E-state index contributed by atoms with van der Waals surface area (Å²) in [5, 5.41) is 21.6. The van der Waals surface area contributed by atoms with Crippen LogP contribution in [0.15, 0.2) is 53.1 Å². The Kier molecular flexibility index (Phi) is 10.7. The van der Waals surface area contributed by atoms with Gasteiger partial charge in [-0.15, -0.1) is 20.7 Å². The summed E-state index contributed by atoms with van der Waals surface area (Å²) in [6, 6.07) is 9.14. The van der Waals surface area contributed by atoms with Crippen LogP contribution in [0, 0.1) is 0 Å². The van der Waals surface area contributed by atoms with E-state index in [1.807, 2.05) is 34.7 Å². The van der Waals surface area contributed by atoms with Gasteiger partial charge in [-0.3, -0.25) is 9.59 Å². The van der Waals surface area contributed by atoms with Crippen LogP contribution < -0.4 is 31.5 Å². The molecule has 2 amide bonds. The van der Waals surface area contributed by atoms with E-state index in [1.165, 1.54) is 19.2 Å². The number of nitrogens with two attached hydrogens (primary N) is 2. The number of nitrogen functional groups attached to an aromatic ring is 1. The highest BCUT2D eigenvalue weighted by Crippen LogP contribution is 2.33. The van der Waals surface area contributed by atoms with Crippen molar-refractivity contribution in [2.75, 3.05) is 24.2 Å². The maximum absolute atomic E-state index is 13.3. The van der Waals surface area contributed by atoms with E-state index in [0.717, 1.165) is 30.1 Å². The van der Waals surface area contributed by atoms with Gasteiger partial charge in [0.05, 0.1) is 24.2 Å². The lowest BCUT2D eigenvalue weighted by molar-refractivity contribution is -0.772. The summed E-state index contributed by atoms with van der Waals surface area (Å²) in [5.41, 5.74) is 9.85. The molecule has 272 valence electrons.